The summed E-state index contributed by atoms with van der Waals surface area (Å²) < 4.78 is 0.789. The van der Waals surface area contributed by atoms with Gasteiger partial charge in [-0.2, -0.15) is 5.26 Å². The maximum absolute atomic E-state index is 12.2. The second kappa shape index (κ2) is 6.11. The smallest absolute Gasteiger partial charge is 0.256 e. The van der Waals surface area contributed by atoms with Crippen LogP contribution < -0.4 is 11.1 Å². The standard InChI is InChI=1S/C14H9ClIN3O/c15-9-2-3-11(16)10(6-9)14(20)19-13-4-1-8(7-17)5-12(13)18/h1-6H,18H2,(H,19,20). The van der Waals surface area contributed by atoms with E-state index in [1.165, 1.54) is 6.07 Å². The molecule has 0 aliphatic carbocycles. The van der Waals surface area contributed by atoms with Crippen LogP contribution in [0.4, 0.5) is 11.4 Å². The summed E-state index contributed by atoms with van der Waals surface area (Å²) >= 11 is 7.95. The van der Waals surface area contributed by atoms with Crippen LogP contribution in [0.5, 0.6) is 0 Å². The predicted octanol–water partition coefficient (Wildman–Crippen LogP) is 3.65. The number of halogens is 2. The molecular weight excluding hydrogens is 389 g/mol. The average molecular weight is 398 g/mol. The van der Waals surface area contributed by atoms with Crippen molar-refractivity contribution in [3.63, 3.8) is 0 Å². The summed E-state index contributed by atoms with van der Waals surface area (Å²) in [5.41, 5.74) is 7.52. The number of nitrogens with two attached hydrogens (primary N) is 1. The monoisotopic (exact) mass is 397 g/mol. The number of rotatable bonds is 2. The minimum Gasteiger partial charge on any atom is -0.397 e. The Hall–Kier alpha value is -1.78. The van der Waals surface area contributed by atoms with Gasteiger partial charge in [-0.25, -0.2) is 0 Å². The van der Waals surface area contributed by atoms with Crippen molar-refractivity contribution < 1.29 is 4.79 Å². The molecule has 0 bridgehead atoms. The molecule has 6 heteroatoms. The van der Waals surface area contributed by atoms with E-state index in [4.69, 9.17) is 22.6 Å². The van der Waals surface area contributed by atoms with E-state index in [9.17, 15) is 4.79 Å². The number of hydrogen-bond donors (Lipinski definition) is 2. The Labute approximate surface area is 134 Å². The molecule has 100 valence electrons. The molecular formula is C14H9ClIN3O. The van der Waals surface area contributed by atoms with Crippen LogP contribution in [0.2, 0.25) is 5.02 Å². The molecule has 0 radical (unpaired) electrons. The van der Waals surface area contributed by atoms with Gasteiger partial charge in [-0.1, -0.05) is 11.6 Å². The average Bonchev–Trinajstić information content (AvgIpc) is 2.43. The third-order valence-corrected chi connectivity index (χ3v) is 3.78. The molecule has 2 aromatic carbocycles. The summed E-state index contributed by atoms with van der Waals surface area (Å²) in [6.45, 7) is 0. The van der Waals surface area contributed by atoms with Crippen LogP contribution >= 0.6 is 34.2 Å². The maximum atomic E-state index is 12.2. The van der Waals surface area contributed by atoms with E-state index < -0.39 is 0 Å². The molecule has 0 heterocycles. The van der Waals surface area contributed by atoms with Crippen molar-refractivity contribution in [1.29, 1.82) is 5.26 Å². The first-order valence-corrected chi connectivity index (χ1v) is 7.03. The summed E-state index contributed by atoms with van der Waals surface area (Å²) in [5, 5.41) is 12.0. The Morgan fingerprint density at radius 3 is 2.70 bits per heavy atom. The zero-order chi connectivity index (χ0) is 14.7. The molecule has 0 aliphatic heterocycles. The Morgan fingerprint density at radius 2 is 2.05 bits per heavy atom. The minimum absolute atomic E-state index is 0.298. The molecule has 0 atom stereocenters. The normalized spacial score (nSPS) is 9.85. The molecule has 0 fully saturated rings. The van der Waals surface area contributed by atoms with Gasteiger partial charge in [0, 0.05) is 8.59 Å². The molecule has 2 aromatic rings. The van der Waals surface area contributed by atoms with Crippen LogP contribution in [0, 0.1) is 14.9 Å². The van der Waals surface area contributed by atoms with Gasteiger partial charge in [-0.3, -0.25) is 4.79 Å². The zero-order valence-electron chi connectivity index (χ0n) is 10.2. The number of hydrogen-bond acceptors (Lipinski definition) is 3. The highest BCUT2D eigenvalue weighted by atomic mass is 127. The second-order valence-electron chi connectivity index (χ2n) is 3.99. The third kappa shape index (κ3) is 3.21. The lowest BCUT2D eigenvalue weighted by molar-refractivity contribution is 0.102. The second-order valence-corrected chi connectivity index (χ2v) is 5.59. The van der Waals surface area contributed by atoms with Crippen LogP contribution in [-0.2, 0) is 0 Å². The number of benzene rings is 2. The van der Waals surface area contributed by atoms with Crippen molar-refractivity contribution >= 4 is 51.5 Å². The van der Waals surface area contributed by atoms with Gasteiger partial charge in [0.05, 0.1) is 28.6 Å². The summed E-state index contributed by atoms with van der Waals surface area (Å²) in [7, 11) is 0. The van der Waals surface area contributed by atoms with E-state index in [1.807, 2.05) is 6.07 Å². The Balaban J connectivity index is 2.28. The first-order chi connectivity index (χ1) is 9.51. The summed E-state index contributed by atoms with van der Waals surface area (Å²) in [6.07, 6.45) is 0. The van der Waals surface area contributed by atoms with Crippen LogP contribution in [0.25, 0.3) is 0 Å². The van der Waals surface area contributed by atoms with Gasteiger partial charge in [0.1, 0.15) is 0 Å². The van der Waals surface area contributed by atoms with Gasteiger partial charge in [0.15, 0.2) is 0 Å². The maximum Gasteiger partial charge on any atom is 0.256 e. The van der Waals surface area contributed by atoms with Gasteiger partial charge < -0.3 is 11.1 Å². The minimum atomic E-state index is -0.298. The molecule has 4 nitrogen and oxygen atoms in total. The van der Waals surface area contributed by atoms with E-state index in [-0.39, 0.29) is 5.91 Å². The molecule has 1 amide bonds. The molecule has 0 spiro atoms. The van der Waals surface area contributed by atoms with Gasteiger partial charge in [0.2, 0.25) is 0 Å². The number of nitrogens with zero attached hydrogens (tertiary/aromatic N) is 1. The van der Waals surface area contributed by atoms with Crippen molar-refractivity contribution in [3.05, 3.63) is 56.1 Å². The summed E-state index contributed by atoms with van der Waals surface area (Å²) in [4.78, 5) is 12.2. The number of nitrogens with one attached hydrogen (secondary N) is 1. The van der Waals surface area contributed by atoms with Crippen molar-refractivity contribution in [1.82, 2.24) is 0 Å². The highest BCUT2D eigenvalue weighted by Crippen LogP contribution is 2.23. The van der Waals surface area contributed by atoms with Gasteiger partial charge in [-0.15, -0.1) is 0 Å². The summed E-state index contributed by atoms with van der Waals surface area (Å²) in [6, 6.07) is 11.8. The van der Waals surface area contributed by atoms with Gasteiger partial charge in [-0.05, 0) is 59.0 Å². The number of nitrogen functional groups attached to an aromatic ring is 1. The number of carbonyl (C=O) groups is 1. The zero-order valence-corrected chi connectivity index (χ0v) is 13.1. The van der Waals surface area contributed by atoms with Crippen molar-refractivity contribution in [2.75, 3.05) is 11.1 Å². The topological polar surface area (TPSA) is 78.9 Å². The number of carbonyl (C=O) groups excluding carboxylic acids is 1. The molecule has 0 unspecified atom stereocenters. The van der Waals surface area contributed by atoms with E-state index in [1.54, 1.807) is 30.3 Å². The summed E-state index contributed by atoms with van der Waals surface area (Å²) in [5.74, 6) is -0.298. The lowest BCUT2D eigenvalue weighted by Crippen LogP contribution is -2.14. The van der Waals surface area contributed by atoms with Crippen LogP contribution in [0.3, 0.4) is 0 Å². The molecule has 3 N–H and O–H groups in total. The third-order valence-electron chi connectivity index (χ3n) is 2.60. The Bertz CT molecular complexity index is 725. The fourth-order valence-electron chi connectivity index (χ4n) is 1.61. The number of anilines is 2. The SMILES string of the molecule is N#Cc1ccc(NC(=O)c2cc(Cl)ccc2I)c(N)c1. The number of amides is 1. The predicted molar refractivity (Wildman–Crippen MR) is 87.7 cm³/mol. The Morgan fingerprint density at radius 1 is 1.30 bits per heavy atom. The fourth-order valence-corrected chi connectivity index (χ4v) is 2.36. The quantitative estimate of drug-likeness (QED) is 0.600. The fraction of sp³-hybridized carbons (Fsp3) is 0. The molecule has 20 heavy (non-hydrogen) atoms. The first kappa shape index (κ1) is 14.6. The Kier molecular flexibility index (Phi) is 4.47. The molecule has 2 rings (SSSR count). The van der Waals surface area contributed by atoms with Crippen molar-refractivity contribution in [3.8, 4) is 6.07 Å². The van der Waals surface area contributed by atoms with Crippen molar-refractivity contribution in [2.24, 2.45) is 0 Å². The van der Waals surface area contributed by atoms with Gasteiger partial charge >= 0.3 is 0 Å². The van der Waals surface area contributed by atoms with E-state index in [2.05, 4.69) is 27.9 Å². The van der Waals surface area contributed by atoms with E-state index >= 15 is 0 Å². The highest BCUT2D eigenvalue weighted by Gasteiger charge is 2.12. The molecule has 0 saturated carbocycles. The first-order valence-electron chi connectivity index (χ1n) is 5.57. The van der Waals surface area contributed by atoms with Crippen LogP contribution in [0.1, 0.15) is 15.9 Å². The molecule has 0 aliphatic rings. The van der Waals surface area contributed by atoms with E-state index in [0.717, 1.165) is 3.57 Å². The van der Waals surface area contributed by atoms with Crippen LogP contribution in [-0.4, -0.2) is 5.91 Å². The lowest BCUT2D eigenvalue weighted by Gasteiger charge is -2.09. The van der Waals surface area contributed by atoms with Crippen LogP contribution in [0.15, 0.2) is 36.4 Å². The van der Waals surface area contributed by atoms with E-state index in [0.29, 0.717) is 27.5 Å². The molecule has 0 saturated heterocycles. The highest BCUT2D eigenvalue weighted by molar-refractivity contribution is 14.1. The largest absolute Gasteiger partial charge is 0.397 e. The van der Waals surface area contributed by atoms with Gasteiger partial charge in [0.25, 0.3) is 5.91 Å². The molecule has 0 aromatic heterocycles. The lowest BCUT2D eigenvalue weighted by atomic mass is 10.1. The van der Waals surface area contributed by atoms with Crippen molar-refractivity contribution in [2.45, 2.75) is 0 Å². The number of nitriles is 1.